The van der Waals surface area contributed by atoms with Crippen LogP contribution in [0.1, 0.15) is 17.2 Å². The lowest BCUT2D eigenvalue weighted by Gasteiger charge is -2.15. The lowest BCUT2D eigenvalue weighted by atomic mass is 10.0. The molecule has 0 saturated heterocycles. The number of nitro groups is 1. The van der Waals surface area contributed by atoms with Crippen LogP contribution in [0.2, 0.25) is 5.02 Å². The summed E-state index contributed by atoms with van der Waals surface area (Å²) in [5.74, 6) is 0.301. The van der Waals surface area contributed by atoms with Crippen LogP contribution in [0, 0.1) is 17.0 Å². The van der Waals surface area contributed by atoms with Crippen LogP contribution in [0.25, 0.3) is 0 Å². The van der Waals surface area contributed by atoms with Gasteiger partial charge in [0.1, 0.15) is 12.0 Å². The zero-order valence-corrected chi connectivity index (χ0v) is 12.0. The van der Waals surface area contributed by atoms with Gasteiger partial charge in [-0.3, -0.25) is 10.1 Å². The molecule has 0 fully saturated rings. The van der Waals surface area contributed by atoms with Gasteiger partial charge in [0.05, 0.1) is 16.0 Å². The number of hydrogen-bond donors (Lipinski definition) is 2. The van der Waals surface area contributed by atoms with E-state index in [0.717, 1.165) is 17.3 Å². The predicted octanol–water partition coefficient (Wildman–Crippen LogP) is 3.10. The van der Waals surface area contributed by atoms with E-state index in [4.69, 9.17) is 11.6 Å². The maximum atomic E-state index is 10.6. The quantitative estimate of drug-likeness (QED) is 0.654. The fourth-order valence-corrected chi connectivity index (χ4v) is 2.15. The smallest absolute Gasteiger partial charge is 0.289 e. The number of aryl methyl sites for hydroxylation is 1. The summed E-state index contributed by atoms with van der Waals surface area (Å²) in [6.07, 6.45) is 0.396. The Morgan fingerprint density at radius 1 is 1.48 bits per heavy atom. The molecule has 0 radical (unpaired) electrons. The standard InChI is InChI=1S/C14H14ClN3O3/c1-9-4-2-3-5-11(9)13(19)8-17-14-12(15)6-10(7-16-14)18(20)21/h2-7,13,19H,8H2,1H3,(H,16,17). The van der Waals surface area contributed by atoms with Crippen molar-refractivity contribution in [1.82, 2.24) is 4.98 Å². The number of halogens is 1. The molecule has 1 heterocycles. The lowest BCUT2D eigenvalue weighted by Crippen LogP contribution is -2.14. The first kappa shape index (κ1) is 15.2. The van der Waals surface area contributed by atoms with E-state index in [-0.39, 0.29) is 17.3 Å². The van der Waals surface area contributed by atoms with Gasteiger partial charge in [0, 0.05) is 12.6 Å². The fourth-order valence-electron chi connectivity index (χ4n) is 1.92. The molecule has 21 heavy (non-hydrogen) atoms. The number of aromatic nitrogens is 1. The van der Waals surface area contributed by atoms with Gasteiger partial charge in [0.2, 0.25) is 0 Å². The highest BCUT2D eigenvalue weighted by molar-refractivity contribution is 6.33. The minimum atomic E-state index is -0.723. The van der Waals surface area contributed by atoms with E-state index < -0.39 is 11.0 Å². The summed E-state index contributed by atoms with van der Waals surface area (Å²) in [6.45, 7) is 2.12. The van der Waals surface area contributed by atoms with E-state index in [1.807, 2.05) is 31.2 Å². The molecule has 0 aliphatic heterocycles. The second-order valence-corrected chi connectivity index (χ2v) is 4.94. The van der Waals surface area contributed by atoms with Gasteiger partial charge in [-0.15, -0.1) is 0 Å². The molecule has 1 aromatic carbocycles. The zero-order valence-electron chi connectivity index (χ0n) is 11.3. The molecule has 1 aromatic heterocycles. The third kappa shape index (κ3) is 3.68. The fraction of sp³-hybridized carbons (Fsp3) is 0.214. The van der Waals surface area contributed by atoms with Crippen LogP contribution < -0.4 is 5.32 Å². The second-order valence-electron chi connectivity index (χ2n) is 4.53. The van der Waals surface area contributed by atoms with E-state index in [1.165, 1.54) is 6.07 Å². The summed E-state index contributed by atoms with van der Waals surface area (Å²) in [5.41, 5.74) is 1.61. The zero-order chi connectivity index (χ0) is 15.4. The Hall–Kier alpha value is -2.18. The van der Waals surface area contributed by atoms with E-state index in [9.17, 15) is 15.2 Å². The number of nitrogens with one attached hydrogen (secondary N) is 1. The first-order valence-corrected chi connectivity index (χ1v) is 6.64. The highest BCUT2D eigenvalue weighted by Crippen LogP contribution is 2.25. The predicted molar refractivity (Wildman–Crippen MR) is 80.5 cm³/mol. The molecule has 0 bridgehead atoms. The molecule has 6 nitrogen and oxygen atoms in total. The van der Waals surface area contributed by atoms with Crippen LogP contribution in [0.3, 0.4) is 0 Å². The van der Waals surface area contributed by atoms with Crippen LogP contribution in [0.5, 0.6) is 0 Å². The number of anilines is 1. The first-order chi connectivity index (χ1) is 9.99. The maximum absolute atomic E-state index is 10.6. The Labute approximate surface area is 126 Å². The largest absolute Gasteiger partial charge is 0.387 e. The molecule has 1 atom stereocenters. The van der Waals surface area contributed by atoms with Crippen LogP contribution >= 0.6 is 11.6 Å². The monoisotopic (exact) mass is 307 g/mol. The molecule has 2 aromatic rings. The number of rotatable bonds is 5. The van der Waals surface area contributed by atoms with Gasteiger partial charge in [-0.2, -0.15) is 0 Å². The van der Waals surface area contributed by atoms with E-state index in [2.05, 4.69) is 10.3 Å². The molecule has 7 heteroatoms. The highest BCUT2D eigenvalue weighted by Gasteiger charge is 2.13. The number of nitrogens with zero attached hydrogens (tertiary/aromatic N) is 2. The summed E-state index contributed by atoms with van der Waals surface area (Å²) in [4.78, 5) is 13.9. The number of pyridine rings is 1. The molecular weight excluding hydrogens is 294 g/mol. The first-order valence-electron chi connectivity index (χ1n) is 6.26. The molecule has 0 spiro atoms. The van der Waals surface area contributed by atoms with Crippen molar-refractivity contribution < 1.29 is 10.0 Å². The van der Waals surface area contributed by atoms with Crippen molar-refractivity contribution >= 4 is 23.1 Å². The minimum absolute atomic E-state index is 0.140. The third-order valence-corrected chi connectivity index (χ3v) is 3.34. The number of aliphatic hydroxyl groups is 1. The summed E-state index contributed by atoms with van der Waals surface area (Å²) in [7, 11) is 0. The number of benzene rings is 1. The van der Waals surface area contributed by atoms with Crippen molar-refractivity contribution in [1.29, 1.82) is 0 Å². The topological polar surface area (TPSA) is 88.3 Å². The van der Waals surface area contributed by atoms with Gasteiger partial charge in [0.15, 0.2) is 0 Å². The van der Waals surface area contributed by atoms with Gasteiger partial charge in [-0.05, 0) is 18.1 Å². The van der Waals surface area contributed by atoms with E-state index in [1.54, 1.807) is 0 Å². The van der Waals surface area contributed by atoms with Crippen molar-refractivity contribution in [2.45, 2.75) is 13.0 Å². The van der Waals surface area contributed by atoms with E-state index >= 15 is 0 Å². The summed E-state index contributed by atoms with van der Waals surface area (Å²) >= 11 is 5.92. The maximum Gasteiger partial charge on any atom is 0.289 e. The number of aliphatic hydroxyl groups excluding tert-OH is 1. The average molecular weight is 308 g/mol. The molecule has 0 aliphatic carbocycles. The van der Waals surface area contributed by atoms with Crippen LogP contribution in [0.15, 0.2) is 36.5 Å². The number of hydrogen-bond acceptors (Lipinski definition) is 5. The van der Waals surface area contributed by atoms with Gasteiger partial charge in [-0.1, -0.05) is 35.9 Å². The molecule has 1 unspecified atom stereocenters. The van der Waals surface area contributed by atoms with E-state index in [0.29, 0.717) is 5.82 Å². The van der Waals surface area contributed by atoms with Gasteiger partial charge in [-0.25, -0.2) is 4.98 Å². The Kier molecular flexibility index (Phi) is 4.72. The Balaban J connectivity index is 2.06. The molecule has 0 aliphatic rings. The molecule has 2 N–H and O–H groups in total. The van der Waals surface area contributed by atoms with Gasteiger partial charge < -0.3 is 10.4 Å². The molecular formula is C14H14ClN3O3. The second kappa shape index (κ2) is 6.51. The van der Waals surface area contributed by atoms with Crippen LogP contribution in [-0.4, -0.2) is 21.6 Å². The van der Waals surface area contributed by atoms with Crippen LogP contribution in [0.4, 0.5) is 11.5 Å². The van der Waals surface area contributed by atoms with Crippen molar-refractivity contribution in [2.75, 3.05) is 11.9 Å². The summed E-state index contributed by atoms with van der Waals surface area (Å²) in [5, 5.41) is 23.8. The van der Waals surface area contributed by atoms with Crippen LogP contribution in [-0.2, 0) is 0 Å². The van der Waals surface area contributed by atoms with Crippen molar-refractivity contribution in [3.8, 4) is 0 Å². The van der Waals surface area contributed by atoms with Gasteiger partial charge in [0.25, 0.3) is 5.69 Å². The molecule has 0 amide bonds. The van der Waals surface area contributed by atoms with Gasteiger partial charge >= 0.3 is 0 Å². The lowest BCUT2D eigenvalue weighted by molar-refractivity contribution is -0.385. The summed E-state index contributed by atoms with van der Waals surface area (Å²) < 4.78 is 0. The van der Waals surface area contributed by atoms with Crippen molar-refractivity contribution in [3.05, 3.63) is 62.8 Å². The molecule has 0 saturated carbocycles. The SMILES string of the molecule is Cc1ccccc1C(O)CNc1ncc([N+](=O)[O-])cc1Cl. The normalized spacial score (nSPS) is 12.0. The average Bonchev–Trinajstić information content (AvgIpc) is 2.46. The Bertz CT molecular complexity index is 664. The molecule has 2 rings (SSSR count). The highest BCUT2D eigenvalue weighted by atomic mass is 35.5. The third-order valence-electron chi connectivity index (χ3n) is 3.05. The van der Waals surface area contributed by atoms with Crippen molar-refractivity contribution in [3.63, 3.8) is 0 Å². The Morgan fingerprint density at radius 2 is 2.19 bits per heavy atom. The van der Waals surface area contributed by atoms with Crippen molar-refractivity contribution in [2.24, 2.45) is 0 Å². The summed E-state index contributed by atoms with van der Waals surface area (Å²) in [6, 6.07) is 8.72. The Morgan fingerprint density at radius 3 is 2.81 bits per heavy atom. The molecule has 110 valence electrons. The minimum Gasteiger partial charge on any atom is -0.387 e.